The van der Waals surface area contributed by atoms with Gasteiger partial charge in [-0.2, -0.15) is 0 Å². The van der Waals surface area contributed by atoms with Gasteiger partial charge in [-0.15, -0.1) is 0 Å². The highest BCUT2D eigenvalue weighted by Gasteiger charge is 2.52. The molecule has 5 rings (SSSR count). The van der Waals surface area contributed by atoms with E-state index in [9.17, 15) is 17.6 Å². The molecular formula is C26H32F2N5O3PS. The minimum absolute atomic E-state index is 0.0376. The Morgan fingerprint density at radius 2 is 1.79 bits per heavy atom. The number of nitrogens with zero attached hydrogens (tertiary/aromatic N) is 4. The number of fused-ring (bicyclic) bond motifs is 1. The first kappa shape index (κ1) is 27.1. The van der Waals surface area contributed by atoms with Crippen LogP contribution in [0.25, 0.3) is 11.0 Å². The van der Waals surface area contributed by atoms with Crippen molar-refractivity contribution in [2.24, 2.45) is 18.2 Å². The predicted octanol–water partition coefficient (Wildman–Crippen LogP) is 3.65. The van der Waals surface area contributed by atoms with E-state index in [1.165, 1.54) is 17.0 Å². The normalized spacial score (nSPS) is 21.1. The van der Waals surface area contributed by atoms with Gasteiger partial charge in [-0.3, -0.25) is 9.36 Å². The molecule has 0 amide bonds. The Hall–Kier alpha value is -2.49. The molecule has 1 aliphatic heterocycles. The lowest BCUT2D eigenvalue weighted by molar-refractivity contribution is 0.154. The Morgan fingerprint density at radius 1 is 1.16 bits per heavy atom. The van der Waals surface area contributed by atoms with Gasteiger partial charge in [0.05, 0.1) is 22.9 Å². The van der Waals surface area contributed by atoms with E-state index in [1.54, 1.807) is 44.1 Å². The Morgan fingerprint density at radius 3 is 2.39 bits per heavy atom. The van der Waals surface area contributed by atoms with Crippen LogP contribution in [0.1, 0.15) is 61.3 Å². The second kappa shape index (κ2) is 9.31. The molecule has 0 bridgehead atoms. The smallest absolute Gasteiger partial charge is 0.257 e. The van der Waals surface area contributed by atoms with E-state index in [2.05, 4.69) is 9.97 Å². The average Bonchev–Trinajstić information content (AvgIpc) is 2.85. The molecule has 2 N–H and O–H groups in total. The molecule has 2 aliphatic rings. The fourth-order valence-electron chi connectivity index (χ4n) is 6.07. The van der Waals surface area contributed by atoms with Crippen molar-refractivity contribution in [3.8, 4) is 0 Å². The third-order valence-corrected chi connectivity index (χ3v) is 11.0. The quantitative estimate of drug-likeness (QED) is 0.472. The first-order valence-corrected chi connectivity index (χ1v) is 15.0. The summed E-state index contributed by atoms with van der Waals surface area (Å²) in [5.74, 6) is -1.29. The van der Waals surface area contributed by atoms with E-state index in [1.807, 2.05) is 9.24 Å². The number of halogens is 2. The molecule has 2 aromatic heterocycles. The molecule has 1 aliphatic carbocycles. The first-order chi connectivity index (χ1) is 17.8. The monoisotopic (exact) mass is 563 g/mol. The Labute approximate surface area is 222 Å². The van der Waals surface area contributed by atoms with Crippen molar-refractivity contribution < 1.29 is 17.2 Å². The molecular weight excluding hydrogens is 531 g/mol. The summed E-state index contributed by atoms with van der Waals surface area (Å²) in [5.41, 5.74) is 6.55. The fraction of sp³-hybridized carbons (Fsp3) is 0.500. The lowest BCUT2D eigenvalue weighted by atomic mass is 9.67. The van der Waals surface area contributed by atoms with Gasteiger partial charge in [-0.25, -0.2) is 27.2 Å². The number of hydrogen-bond donors (Lipinski definition) is 1. The molecule has 2 unspecified atom stereocenters. The Balaban J connectivity index is 1.54. The number of rotatable bonds is 5. The standard InChI is InChI=1S/C26H32F2N5O3PS/c1-15(16-5-4-6-17(20(16)27)21(28)37)32(2)22-18-11-19(24(34)33(3)23(18)31-14-30-22)26(29)9-7-25(8-10-26)12-38(35,36)13-25/h4-6,11,14-15,21H,7-10,12-13,29,37H2,1-3H3/t15-,21?/m1/s1. The van der Waals surface area contributed by atoms with E-state index >= 15 is 4.39 Å². The highest BCUT2D eigenvalue weighted by atomic mass is 32.2. The molecule has 1 saturated heterocycles. The van der Waals surface area contributed by atoms with E-state index < -0.39 is 33.1 Å². The summed E-state index contributed by atoms with van der Waals surface area (Å²) < 4.78 is 54.2. The SMILES string of the molecule is C[C@H](c1cccc(C(F)P)c1F)N(C)c1ncnc2c1cc(C1(N)CCC3(CC1)CS(=O)(=O)C3)c(=O)n2C. The Bertz CT molecular complexity index is 1570. The third-order valence-electron chi connectivity index (χ3n) is 8.50. The number of aromatic nitrogens is 3. The lowest BCUT2D eigenvalue weighted by Gasteiger charge is -2.49. The van der Waals surface area contributed by atoms with Crippen LogP contribution in [0.3, 0.4) is 0 Å². The van der Waals surface area contributed by atoms with E-state index in [0.717, 1.165) is 0 Å². The second-order valence-corrected chi connectivity index (χ2v) is 13.6. The summed E-state index contributed by atoms with van der Waals surface area (Å²) >= 11 is 0. The zero-order valence-electron chi connectivity index (χ0n) is 21.6. The summed E-state index contributed by atoms with van der Waals surface area (Å²) in [4.78, 5) is 24.0. The van der Waals surface area contributed by atoms with Crippen LogP contribution in [0.5, 0.6) is 0 Å². The van der Waals surface area contributed by atoms with Crippen molar-refractivity contribution in [1.29, 1.82) is 0 Å². The number of alkyl halides is 1. The van der Waals surface area contributed by atoms with Crippen molar-refractivity contribution in [3.05, 3.63) is 63.5 Å². The maximum Gasteiger partial charge on any atom is 0.257 e. The molecule has 2 fully saturated rings. The van der Waals surface area contributed by atoms with Crippen molar-refractivity contribution in [2.75, 3.05) is 23.5 Å². The number of hydrogen-bond acceptors (Lipinski definition) is 7. The number of sulfone groups is 1. The molecule has 204 valence electrons. The molecule has 12 heteroatoms. The van der Waals surface area contributed by atoms with E-state index in [-0.39, 0.29) is 28.0 Å². The van der Waals surface area contributed by atoms with Crippen LogP contribution in [0, 0.1) is 11.2 Å². The summed E-state index contributed by atoms with van der Waals surface area (Å²) in [5, 5.41) is 0.585. The Kier molecular flexibility index (Phi) is 6.64. The molecule has 0 radical (unpaired) electrons. The topological polar surface area (TPSA) is 111 Å². The van der Waals surface area contributed by atoms with Crippen LogP contribution in [-0.2, 0) is 22.4 Å². The van der Waals surface area contributed by atoms with Crippen molar-refractivity contribution in [1.82, 2.24) is 14.5 Å². The molecule has 1 saturated carbocycles. The number of benzene rings is 1. The fourth-order valence-corrected chi connectivity index (χ4v) is 8.68. The molecule has 8 nitrogen and oxygen atoms in total. The summed E-state index contributed by atoms with van der Waals surface area (Å²) in [6, 6.07) is 5.87. The summed E-state index contributed by atoms with van der Waals surface area (Å²) in [7, 11) is 2.39. The highest BCUT2D eigenvalue weighted by molar-refractivity contribution is 7.92. The number of pyridine rings is 1. The largest absolute Gasteiger partial charge is 0.352 e. The van der Waals surface area contributed by atoms with Gasteiger partial charge in [0.1, 0.15) is 29.5 Å². The summed E-state index contributed by atoms with van der Waals surface area (Å²) in [6.45, 7) is 1.80. The van der Waals surface area contributed by atoms with Gasteiger partial charge in [-0.05, 0) is 44.1 Å². The lowest BCUT2D eigenvalue weighted by Crippen LogP contribution is -2.55. The number of anilines is 1. The van der Waals surface area contributed by atoms with Crippen LogP contribution in [0.2, 0.25) is 0 Å². The van der Waals surface area contributed by atoms with E-state index in [0.29, 0.717) is 53.7 Å². The van der Waals surface area contributed by atoms with Gasteiger partial charge in [0.15, 0.2) is 9.84 Å². The van der Waals surface area contributed by atoms with Gasteiger partial charge in [0, 0.05) is 36.3 Å². The molecule has 38 heavy (non-hydrogen) atoms. The van der Waals surface area contributed by atoms with E-state index in [4.69, 9.17) is 5.73 Å². The van der Waals surface area contributed by atoms with Gasteiger partial charge in [0.2, 0.25) is 0 Å². The zero-order valence-corrected chi connectivity index (χ0v) is 23.6. The van der Waals surface area contributed by atoms with Gasteiger partial charge in [0.25, 0.3) is 5.56 Å². The second-order valence-electron chi connectivity index (χ2n) is 11.0. The van der Waals surface area contributed by atoms with Crippen molar-refractivity contribution in [2.45, 2.75) is 50.1 Å². The molecule has 1 spiro atoms. The van der Waals surface area contributed by atoms with Crippen molar-refractivity contribution >= 4 is 35.9 Å². The zero-order chi connectivity index (χ0) is 27.6. The molecule has 3 heterocycles. The highest BCUT2D eigenvalue weighted by Crippen LogP contribution is 2.50. The molecule has 1 aromatic carbocycles. The summed E-state index contributed by atoms with van der Waals surface area (Å²) in [6.07, 6.45) is 3.62. The molecule has 3 atom stereocenters. The maximum atomic E-state index is 15.2. The van der Waals surface area contributed by atoms with Crippen LogP contribution in [0.15, 0.2) is 35.4 Å². The number of nitrogens with two attached hydrogens (primary N) is 1. The first-order valence-electron chi connectivity index (χ1n) is 12.5. The van der Waals surface area contributed by atoms with Crippen LogP contribution in [0.4, 0.5) is 14.6 Å². The number of aryl methyl sites for hydroxylation is 1. The minimum atomic E-state index is -2.97. The maximum absolute atomic E-state index is 15.2. The predicted molar refractivity (Wildman–Crippen MR) is 147 cm³/mol. The average molecular weight is 564 g/mol. The van der Waals surface area contributed by atoms with Gasteiger partial charge >= 0.3 is 0 Å². The third kappa shape index (κ3) is 4.42. The van der Waals surface area contributed by atoms with Crippen LogP contribution in [-0.4, -0.2) is 41.5 Å². The van der Waals surface area contributed by atoms with Gasteiger partial charge in [-0.1, -0.05) is 27.4 Å². The minimum Gasteiger partial charge on any atom is -0.352 e. The van der Waals surface area contributed by atoms with Crippen molar-refractivity contribution in [3.63, 3.8) is 0 Å². The molecule has 3 aromatic rings. The van der Waals surface area contributed by atoms with Crippen LogP contribution < -0.4 is 16.2 Å². The van der Waals surface area contributed by atoms with Crippen LogP contribution >= 0.6 is 9.24 Å². The van der Waals surface area contributed by atoms with Gasteiger partial charge < -0.3 is 10.6 Å².